The highest BCUT2D eigenvalue weighted by Crippen LogP contribution is 2.29. The Morgan fingerprint density at radius 1 is 1.20 bits per heavy atom. The van der Waals surface area contributed by atoms with Gasteiger partial charge in [0.25, 0.3) is 0 Å². The van der Waals surface area contributed by atoms with E-state index in [0.29, 0.717) is 11.5 Å². The Kier molecular flexibility index (Phi) is 2.73. The molecule has 0 unspecified atom stereocenters. The lowest BCUT2D eigenvalue weighted by molar-refractivity contribution is 0.0988. The van der Waals surface area contributed by atoms with Crippen LogP contribution in [0.1, 0.15) is 17.5 Å². The molecule has 0 saturated heterocycles. The van der Waals surface area contributed by atoms with Gasteiger partial charge in [-0.1, -0.05) is 34.1 Å². The van der Waals surface area contributed by atoms with E-state index in [1.54, 1.807) is 12.1 Å². The maximum absolute atomic E-state index is 11.1. The van der Waals surface area contributed by atoms with Crippen LogP contribution in [-0.2, 0) is 0 Å². The van der Waals surface area contributed by atoms with Gasteiger partial charge in [-0.2, -0.15) is 0 Å². The minimum atomic E-state index is -0.0618. The van der Waals surface area contributed by atoms with Gasteiger partial charge in [0, 0.05) is 17.0 Å². The molecule has 2 rings (SSSR count). The SMILES string of the molecule is CC(=O)c1ccc(-c2ccccc2Br)o1. The predicted octanol–water partition coefficient (Wildman–Crippen LogP) is 3.91. The Hall–Kier alpha value is -1.35. The van der Waals surface area contributed by atoms with Gasteiger partial charge in [-0.05, 0) is 18.2 Å². The zero-order valence-electron chi connectivity index (χ0n) is 8.16. The molecule has 1 heterocycles. The first-order valence-corrected chi connectivity index (χ1v) is 5.33. The van der Waals surface area contributed by atoms with Gasteiger partial charge in [0.1, 0.15) is 5.76 Å². The Balaban J connectivity index is 2.46. The lowest BCUT2D eigenvalue weighted by Gasteiger charge is -1.99. The van der Waals surface area contributed by atoms with Crippen LogP contribution in [0.4, 0.5) is 0 Å². The molecular formula is C12H9BrO2. The Bertz CT molecular complexity index is 500. The molecule has 0 N–H and O–H groups in total. The molecule has 76 valence electrons. The number of carbonyl (C=O) groups is 1. The quantitative estimate of drug-likeness (QED) is 0.770. The van der Waals surface area contributed by atoms with E-state index in [4.69, 9.17) is 4.42 Å². The van der Waals surface area contributed by atoms with Crippen LogP contribution >= 0.6 is 15.9 Å². The van der Waals surface area contributed by atoms with E-state index in [1.165, 1.54) is 6.92 Å². The number of halogens is 1. The second-order valence-corrected chi connectivity index (χ2v) is 4.05. The molecule has 0 atom stereocenters. The van der Waals surface area contributed by atoms with Crippen molar-refractivity contribution in [1.29, 1.82) is 0 Å². The van der Waals surface area contributed by atoms with Gasteiger partial charge in [0.2, 0.25) is 0 Å². The summed E-state index contributed by atoms with van der Waals surface area (Å²) in [5, 5.41) is 0. The maximum atomic E-state index is 11.1. The third kappa shape index (κ3) is 2.02. The van der Waals surface area contributed by atoms with Crippen molar-refractivity contribution >= 4 is 21.7 Å². The third-order valence-electron chi connectivity index (χ3n) is 2.09. The smallest absolute Gasteiger partial charge is 0.194 e. The highest BCUT2D eigenvalue weighted by Gasteiger charge is 2.09. The number of rotatable bonds is 2. The normalized spacial score (nSPS) is 10.3. The van der Waals surface area contributed by atoms with Crippen LogP contribution in [0.15, 0.2) is 45.3 Å². The maximum Gasteiger partial charge on any atom is 0.194 e. The molecule has 1 aromatic heterocycles. The van der Waals surface area contributed by atoms with Crippen LogP contribution < -0.4 is 0 Å². The summed E-state index contributed by atoms with van der Waals surface area (Å²) in [7, 11) is 0. The standard InChI is InChI=1S/C12H9BrO2/c1-8(14)11-6-7-12(15-11)9-4-2-3-5-10(9)13/h2-7H,1H3. The molecule has 0 fully saturated rings. The van der Waals surface area contributed by atoms with Crippen LogP contribution in [0.3, 0.4) is 0 Å². The first-order chi connectivity index (χ1) is 7.18. The lowest BCUT2D eigenvalue weighted by atomic mass is 10.2. The summed E-state index contributed by atoms with van der Waals surface area (Å²) in [4.78, 5) is 11.1. The average molecular weight is 265 g/mol. The fraction of sp³-hybridized carbons (Fsp3) is 0.0833. The van der Waals surface area contributed by atoms with Crippen LogP contribution in [0.2, 0.25) is 0 Å². The lowest BCUT2D eigenvalue weighted by Crippen LogP contribution is -1.86. The summed E-state index contributed by atoms with van der Waals surface area (Å²) in [6.07, 6.45) is 0. The van der Waals surface area contributed by atoms with E-state index in [9.17, 15) is 4.79 Å². The van der Waals surface area contributed by atoms with Crippen molar-refractivity contribution in [3.05, 3.63) is 46.6 Å². The van der Waals surface area contributed by atoms with Crippen molar-refractivity contribution < 1.29 is 9.21 Å². The van der Waals surface area contributed by atoms with Crippen molar-refractivity contribution in [3.8, 4) is 11.3 Å². The minimum absolute atomic E-state index is 0.0618. The fourth-order valence-corrected chi connectivity index (χ4v) is 1.81. The summed E-state index contributed by atoms with van der Waals surface area (Å²) >= 11 is 3.43. The van der Waals surface area contributed by atoms with Crippen molar-refractivity contribution in [2.45, 2.75) is 6.92 Å². The van der Waals surface area contributed by atoms with E-state index in [-0.39, 0.29) is 5.78 Å². The van der Waals surface area contributed by atoms with Gasteiger partial charge >= 0.3 is 0 Å². The average Bonchev–Trinajstić information content (AvgIpc) is 2.67. The molecule has 0 saturated carbocycles. The number of ketones is 1. The largest absolute Gasteiger partial charge is 0.453 e. The molecular weight excluding hydrogens is 256 g/mol. The zero-order valence-corrected chi connectivity index (χ0v) is 9.74. The number of Topliss-reactive ketones (excluding diaryl/α,β-unsaturated/α-hetero) is 1. The topological polar surface area (TPSA) is 30.2 Å². The van der Waals surface area contributed by atoms with E-state index < -0.39 is 0 Å². The van der Waals surface area contributed by atoms with Gasteiger partial charge in [-0.15, -0.1) is 0 Å². The third-order valence-corrected chi connectivity index (χ3v) is 2.78. The number of carbonyl (C=O) groups excluding carboxylic acids is 1. The summed E-state index contributed by atoms with van der Waals surface area (Å²) < 4.78 is 6.39. The van der Waals surface area contributed by atoms with Crippen molar-refractivity contribution in [3.63, 3.8) is 0 Å². The van der Waals surface area contributed by atoms with Crippen molar-refractivity contribution in [2.24, 2.45) is 0 Å². The monoisotopic (exact) mass is 264 g/mol. The second kappa shape index (κ2) is 4.03. The highest BCUT2D eigenvalue weighted by molar-refractivity contribution is 9.10. The van der Waals surface area contributed by atoms with Crippen molar-refractivity contribution in [1.82, 2.24) is 0 Å². The molecule has 0 radical (unpaired) electrons. The Labute approximate surface area is 96.0 Å². The van der Waals surface area contributed by atoms with E-state index in [0.717, 1.165) is 10.0 Å². The predicted molar refractivity (Wildman–Crippen MR) is 61.8 cm³/mol. The molecule has 2 nitrogen and oxygen atoms in total. The van der Waals surface area contributed by atoms with E-state index in [1.807, 2.05) is 24.3 Å². The number of benzene rings is 1. The second-order valence-electron chi connectivity index (χ2n) is 3.20. The summed E-state index contributed by atoms with van der Waals surface area (Å²) in [6.45, 7) is 1.49. The Morgan fingerprint density at radius 3 is 2.53 bits per heavy atom. The number of hydrogen-bond acceptors (Lipinski definition) is 2. The van der Waals surface area contributed by atoms with Gasteiger partial charge in [0.05, 0.1) is 0 Å². The van der Waals surface area contributed by atoms with E-state index >= 15 is 0 Å². The van der Waals surface area contributed by atoms with Gasteiger partial charge in [-0.3, -0.25) is 4.79 Å². The molecule has 0 aliphatic rings. The molecule has 2 aromatic rings. The van der Waals surface area contributed by atoms with Crippen LogP contribution in [0.25, 0.3) is 11.3 Å². The highest BCUT2D eigenvalue weighted by atomic mass is 79.9. The molecule has 0 bridgehead atoms. The fourth-order valence-electron chi connectivity index (χ4n) is 1.33. The minimum Gasteiger partial charge on any atom is -0.453 e. The van der Waals surface area contributed by atoms with Crippen LogP contribution in [0.5, 0.6) is 0 Å². The number of furan rings is 1. The molecule has 0 aliphatic heterocycles. The van der Waals surface area contributed by atoms with Crippen molar-refractivity contribution in [2.75, 3.05) is 0 Å². The molecule has 15 heavy (non-hydrogen) atoms. The molecule has 1 aromatic carbocycles. The van der Waals surface area contributed by atoms with Crippen LogP contribution in [0, 0.1) is 0 Å². The number of hydrogen-bond donors (Lipinski definition) is 0. The zero-order chi connectivity index (χ0) is 10.8. The summed E-state index contributed by atoms with van der Waals surface area (Å²) in [5.74, 6) is 1.03. The first kappa shape index (κ1) is 10.2. The van der Waals surface area contributed by atoms with Gasteiger partial charge < -0.3 is 4.42 Å². The Morgan fingerprint density at radius 2 is 1.93 bits per heavy atom. The summed E-state index contributed by atoms with van der Waals surface area (Å²) in [6, 6.07) is 11.2. The first-order valence-electron chi connectivity index (χ1n) is 4.54. The van der Waals surface area contributed by atoms with Gasteiger partial charge in [-0.25, -0.2) is 0 Å². The molecule has 0 spiro atoms. The van der Waals surface area contributed by atoms with Gasteiger partial charge in [0.15, 0.2) is 11.5 Å². The molecule has 0 amide bonds. The summed E-state index contributed by atoms with van der Waals surface area (Å²) in [5.41, 5.74) is 0.949. The van der Waals surface area contributed by atoms with E-state index in [2.05, 4.69) is 15.9 Å². The van der Waals surface area contributed by atoms with Crippen LogP contribution in [-0.4, -0.2) is 5.78 Å². The molecule has 0 aliphatic carbocycles. The molecule has 3 heteroatoms.